The van der Waals surface area contributed by atoms with Crippen LogP contribution in [-0.4, -0.2) is 26.2 Å². The monoisotopic (exact) mass is 239 g/mol. The molecule has 1 aliphatic rings. The van der Waals surface area contributed by atoms with Crippen molar-refractivity contribution in [2.24, 2.45) is 0 Å². The van der Waals surface area contributed by atoms with Crippen LogP contribution in [-0.2, 0) is 0 Å². The number of thioether (sulfide) groups is 1. The molecular formula is C10H9NO2S2. The third-order valence-corrected chi connectivity index (χ3v) is 3.74. The van der Waals surface area contributed by atoms with Crippen molar-refractivity contribution in [3.05, 3.63) is 35.9 Å². The van der Waals surface area contributed by atoms with Gasteiger partial charge in [-0.25, -0.2) is 4.79 Å². The molecule has 0 spiro atoms. The molecule has 1 aromatic rings. The van der Waals surface area contributed by atoms with E-state index in [2.05, 4.69) is 0 Å². The number of hydrogen-bond donors (Lipinski definition) is 1. The fourth-order valence-corrected chi connectivity index (χ4v) is 2.95. The number of benzene rings is 1. The van der Waals surface area contributed by atoms with E-state index in [-0.39, 0.29) is 6.04 Å². The van der Waals surface area contributed by atoms with Crippen molar-refractivity contribution >= 4 is 34.4 Å². The molecule has 1 N–H and O–H groups in total. The Morgan fingerprint density at radius 3 is 2.73 bits per heavy atom. The number of hydrogen-bond acceptors (Lipinski definition) is 3. The van der Waals surface area contributed by atoms with Crippen LogP contribution in [0.5, 0.6) is 0 Å². The van der Waals surface area contributed by atoms with Crippen LogP contribution >= 0.6 is 24.0 Å². The van der Waals surface area contributed by atoms with Crippen molar-refractivity contribution in [3.8, 4) is 0 Å². The molecule has 15 heavy (non-hydrogen) atoms. The van der Waals surface area contributed by atoms with Crippen LogP contribution < -0.4 is 0 Å². The normalized spacial score (nSPS) is 20.7. The zero-order chi connectivity index (χ0) is 10.8. The van der Waals surface area contributed by atoms with E-state index in [0.717, 1.165) is 5.56 Å². The Bertz CT molecular complexity index is 394. The van der Waals surface area contributed by atoms with Crippen LogP contribution in [0, 0.1) is 0 Å². The Morgan fingerprint density at radius 2 is 2.13 bits per heavy atom. The van der Waals surface area contributed by atoms with Crippen molar-refractivity contribution in [2.75, 3.05) is 5.75 Å². The first-order valence-corrected chi connectivity index (χ1v) is 5.83. The van der Waals surface area contributed by atoms with Gasteiger partial charge in [-0.1, -0.05) is 54.3 Å². The molecular weight excluding hydrogens is 230 g/mol. The number of carboxylic acid groups (broad SMARTS) is 1. The van der Waals surface area contributed by atoms with E-state index in [1.165, 1.54) is 16.7 Å². The van der Waals surface area contributed by atoms with Gasteiger partial charge in [-0.15, -0.1) is 0 Å². The first-order chi connectivity index (χ1) is 7.20. The summed E-state index contributed by atoms with van der Waals surface area (Å²) in [6, 6.07) is 9.43. The molecule has 0 radical (unpaired) electrons. The van der Waals surface area contributed by atoms with Gasteiger partial charge < -0.3 is 5.11 Å². The third-order valence-electron chi connectivity index (χ3n) is 2.26. The molecule has 1 unspecified atom stereocenters. The average Bonchev–Trinajstić information content (AvgIpc) is 2.61. The topological polar surface area (TPSA) is 40.5 Å². The minimum atomic E-state index is -0.973. The summed E-state index contributed by atoms with van der Waals surface area (Å²) in [5.74, 6) is 0.704. The van der Waals surface area contributed by atoms with E-state index < -0.39 is 6.09 Å². The summed E-state index contributed by atoms with van der Waals surface area (Å²) in [6.45, 7) is 0. The van der Waals surface area contributed by atoms with Crippen LogP contribution in [0.15, 0.2) is 30.3 Å². The van der Waals surface area contributed by atoms with Gasteiger partial charge in [0.2, 0.25) is 0 Å². The maximum Gasteiger partial charge on any atom is 0.413 e. The number of thiocarbonyl (C=S) groups is 1. The molecule has 1 saturated heterocycles. The predicted molar refractivity (Wildman–Crippen MR) is 64.1 cm³/mol. The second kappa shape index (κ2) is 4.20. The summed E-state index contributed by atoms with van der Waals surface area (Å²) in [7, 11) is 0. The Hall–Kier alpha value is -1.07. The van der Waals surface area contributed by atoms with Gasteiger partial charge in [0.05, 0.1) is 6.04 Å². The largest absolute Gasteiger partial charge is 0.465 e. The van der Waals surface area contributed by atoms with Crippen LogP contribution in [0.25, 0.3) is 0 Å². The fraction of sp³-hybridized carbons (Fsp3) is 0.200. The minimum Gasteiger partial charge on any atom is -0.465 e. The number of carbonyl (C=O) groups is 1. The summed E-state index contributed by atoms with van der Waals surface area (Å²) in [5.41, 5.74) is 0.993. The summed E-state index contributed by atoms with van der Waals surface area (Å²) < 4.78 is 0.441. The van der Waals surface area contributed by atoms with Crippen molar-refractivity contribution in [1.82, 2.24) is 4.90 Å². The van der Waals surface area contributed by atoms with Crippen molar-refractivity contribution < 1.29 is 9.90 Å². The van der Waals surface area contributed by atoms with Gasteiger partial charge in [-0.2, -0.15) is 0 Å². The number of rotatable bonds is 1. The van der Waals surface area contributed by atoms with E-state index in [1.807, 2.05) is 30.3 Å². The number of nitrogens with zero attached hydrogens (tertiary/aromatic N) is 1. The lowest BCUT2D eigenvalue weighted by atomic mass is 10.1. The highest BCUT2D eigenvalue weighted by Gasteiger charge is 2.34. The van der Waals surface area contributed by atoms with Crippen LogP contribution in [0.3, 0.4) is 0 Å². The van der Waals surface area contributed by atoms with E-state index >= 15 is 0 Å². The van der Waals surface area contributed by atoms with Crippen LogP contribution in [0.4, 0.5) is 4.79 Å². The Balaban J connectivity index is 2.30. The van der Waals surface area contributed by atoms with Gasteiger partial charge in [-0.05, 0) is 5.56 Å². The highest BCUT2D eigenvalue weighted by molar-refractivity contribution is 8.23. The molecule has 3 nitrogen and oxygen atoms in total. The highest BCUT2D eigenvalue weighted by atomic mass is 32.2. The second-order valence-corrected chi connectivity index (χ2v) is 4.81. The van der Waals surface area contributed by atoms with Gasteiger partial charge in [0.25, 0.3) is 0 Å². The van der Waals surface area contributed by atoms with Gasteiger partial charge in [0.15, 0.2) is 0 Å². The van der Waals surface area contributed by atoms with Crippen molar-refractivity contribution in [3.63, 3.8) is 0 Å². The average molecular weight is 239 g/mol. The maximum absolute atomic E-state index is 11.0. The lowest BCUT2D eigenvalue weighted by Crippen LogP contribution is -2.31. The molecule has 0 saturated carbocycles. The van der Waals surface area contributed by atoms with Gasteiger partial charge >= 0.3 is 6.09 Å². The van der Waals surface area contributed by atoms with Crippen LogP contribution in [0.2, 0.25) is 0 Å². The summed E-state index contributed by atoms with van der Waals surface area (Å²) in [4.78, 5) is 12.3. The molecule has 1 fully saturated rings. The fourth-order valence-electron chi connectivity index (χ4n) is 1.55. The Kier molecular flexibility index (Phi) is 2.93. The standard InChI is InChI=1S/C10H9NO2S2/c12-9(13)11-8(6-15-10(11)14)7-4-2-1-3-5-7/h1-5,8H,6H2,(H,12,13). The molecule has 0 bridgehead atoms. The Labute approximate surface area is 97.1 Å². The van der Waals surface area contributed by atoms with E-state index in [1.54, 1.807) is 0 Å². The molecule has 1 heterocycles. The lowest BCUT2D eigenvalue weighted by Gasteiger charge is -2.20. The zero-order valence-corrected chi connectivity index (χ0v) is 9.42. The molecule has 0 aromatic heterocycles. The summed E-state index contributed by atoms with van der Waals surface area (Å²) >= 11 is 6.41. The first-order valence-electron chi connectivity index (χ1n) is 4.44. The van der Waals surface area contributed by atoms with Crippen LogP contribution in [0.1, 0.15) is 11.6 Å². The quantitative estimate of drug-likeness (QED) is 0.765. The third kappa shape index (κ3) is 1.98. The lowest BCUT2D eigenvalue weighted by molar-refractivity contribution is 0.162. The van der Waals surface area contributed by atoms with E-state index in [4.69, 9.17) is 17.3 Å². The zero-order valence-electron chi connectivity index (χ0n) is 7.79. The molecule has 2 rings (SSSR count). The van der Waals surface area contributed by atoms with Crippen molar-refractivity contribution in [2.45, 2.75) is 6.04 Å². The Morgan fingerprint density at radius 1 is 1.47 bits per heavy atom. The smallest absolute Gasteiger partial charge is 0.413 e. The number of amides is 1. The van der Waals surface area contributed by atoms with Gasteiger partial charge in [0, 0.05) is 5.75 Å². The molecule has 5 heteroatoms. The molecule has 1 aliphatic heterocycles. The predicted octanol–water partition coefficient (Wildman–Crippen LogP) is 2.74. The first kappa shape index (κ1) is 10.4. The van der Waals surface area contributed by atoms with Gasteiger partial charge in [-0.3, -0.25) is 4.90 Å². The van der Waals surface area contributed by atoms with Crippen molar-refractivity contribution in [1.29, 1.82) is 0 Å². The highest BCUT2D eigenvalue weighted by Crippen LogP contribution is 2.35. The maximum atomic E-state index is 11.0. The van der Waals surface area contributed by atoms with E-state index in [9.17, 15) is 4.79 Å². The van der Waals surface area contributed by atoms with E-state index in [0.29, 0.717) is 10.1 Å². The molecule has 78 valence electrons. The van der Waals surface area contributed by atoms with Gasteiger partial charge in [0.1, 0.15) is 4.32 Å². The minimum absolute atomic E-state index is 0.138. The molecule has 1 aromatic carbocycles. The SMILES string of the molecule is O=C(O)N1C(=S)SCC1c1ccccc1. The molecule has 1 atom stereocenters. The molecule has 0 aliphatic carbocycles. The summed E-state index contributed by atoms with van der Waals surface area (Å²) in [6.07, 6.45) is -0.973. The summed E-state index contributed by atoms with van der Waals surface area (Å²) in [5, 5.41) is 9.04. The molecule has 1 amide bonds. The second-order valence-electron chi connectivity index (χ2n) is 3.16.